The molecule has 0 fully saturated rings. The van der Waals surface area contributed by atoms with Gasteiger partial charge in [-0.15, -0.1) is 0 Å². The van der Waals surface area contributed by atoms with Gasteiger partial charge >= 0.3 is 0 Å². The van der Waals surface area contributed by atoms with E-state index >= 15 is 0 Å². The zero-order chi connectivity index (χ0) is 17.8. The van der Waals surface area contributed by atoms with Crippen LogP contribution < -0.4 is 10.4 Å². The number of fused-ring (bicyclic) bond motifs is 4. The molecule has 4 heteroatoms. The summed E-state index contributed by atoms with van der Waals surface area (Å²) in [6.07, 6.45) is 2.92. The number of pyridine rings is 1. The third kappa shape index (κ3) is 1.99. The van der Waals surface area contributed by atoms with Crippen molar-refractivity contribution in [3.63, 3.8) is 0 Å². The highest BCUT2D eigenvalue weighted by Gasteiger charge is 2.39. The van der Waals surface area contributed by atoms with E-state index < -0.39 is 0 Å². The first-order valence-electron chi connectivity index (χ1n) is 9.35. The molecule has 0 saturated carbocycles. The van der Waals surface area contributed by atoms with Crippen molar-refractivity contribution in [3.05, 3.63) is 60.3 Å². The molecule has 26 heavy (non-hydrogen) atoms. The number of anilines is 2. The molecule has 3 nitrogen and oxygen atoms in total. The monoisotopic (exact) mass is 340 g/mol. The second-order valence-corrected chi connectivity index (χ2v) is 7.25. The molecule has 0 amide bonds. The fraction of sp³-hybridized carbons (Fsp3) is 0.227. The van der Waals surface area contributed by atoms with Crippen molar-refractivity contribution >= 4 is 45.6 Å². The summed E-state index contributed by atoms with van der Waals surface area (Å²) >= 11 is 0. The van der Waals surface area contributed by atoms with Gasteiger partial charge in [-0.25, -0.2) is 4.98 Å². The summed E-state index contributed by atoms with van der Waals surface area (Å²) in [5.74, 6) is 0.392. The first-order chi connectivity index (χ1) is 12.7. The Bertz CT molecular complexity index is 1130. The fourth-order valence-corrected chi connectivity index (χ4v) is 4.62. The van der Waals surface area contributed by atoms with Gasteiger partial charge in [-0.3, -0.25) is 0 Å². The second-order valence-electron chi connectivity index (χ2n) is 7.25. The summed E-state index contributed by atoms with van der Waals surface area (Å²) in [7, 11) is 0. The summed E-state index contributed by atoms with van der Waals surface area (Å²) in [5.41, 5.74) is 6.80. The van der Waals surface area contributed by atoms with Crippen LogP contribution in [-0.2, 0) is 0 Å². The van der Waals surface area contributed by atoms with Crippen LogP contribution in [-0.4, -0.2) is 17.6 Å². The lowest BCUT2D eigenvalue weighted by atomic mass is 9.40. The van der Waals surface area contributed by atoms with Crippen LogP contribution in [0.4, 0.5) is 11.4 Å². The Morgan fingerprint density at radius 1 is 1.08 bits per heavy atom. The smallest absolute Gasteiger partial charge is 0.227 e. The molecule has 4 aromatic rings. The van der Waals surface area contributed by atoms with E-state index in [4.69, 9.17) is 4.42 Å². The molecule has 0 radical (unpaired) electrons. The Morgan fingerprint density at radius 3 is 2.77 bits per heavy atom. The summed E-state index contributed by atoms with van der Waals surface area (Å²) in [5, 5.41) is 2.22. The first kappa shape index (κ1) is 15.5. The van der Waals surface area contributed by atoms with Gasteiger partial charge in [0.15, 0.2) is 5.58 Å². The SMILES string of the molecule is CCB1c2ccccc2N(c2c(C)ccc3c2oc2ncccc23)[C@H]1C. The minimum absolute atomic E-state index is 0.392. The van der Waals surface area contributed by atoms with E-state index in [1.165, 1.54) is 22.4 Å². The highest BCUT2D eigenvalue weighted by Crippen LogP contribution is 2.42. The summed E-state index contributed by atoms with van der Waals surface area (Å²) in [6.45, 7) is 7.31. The van der Waals surface area contributed by atoms with Crippen LogP contribution in [0, 0.1) is 6.92 Å². The fourth-order valence-electron chi connectivity index (χ4n) is 4.62. The summed E-state index contributed by atoms with van der Waals surface area (Å²) < 4.78 is 6.26. The second kappa shape index (κ2) is 5.63. The van der Waals surface area contributed by atoms with Gasteiger partial charge in [0.2, 0.25) is 12.4 Å². The van der Waals surface area contributed by atoms with Crippen LogP contribution >= 0.6 is 0 Å². The van der Waals surface area contributed by atoms with E-state index in [1.54, 1.807) is 6.20 Å². The van der Waals surface area contributed by atoms with Gasteiger partial charge in [-0.2, -0.15) is 0 Å². The molecule has 1 atom stereocenters. The Morgan fingerprint density at radius 2 is 1.92 bits per heavy atom. The van der Waals surface area contributed by atoms with Crippen molar-refractivity contribution in [1.29, 1.82) is 0 Å². The molecule has 1 aliphatic rings. The maximum atomic E-state index is 6.26. The quantitative estimate of drug-likeness (QED) is 0.476. The minimum atomic E-state index is 0.392. The highest BCUT2D eigenvalue weighted by molar-refractivity contribution is 6.78. The van der Waals surface area contributed by atoms with Crippen molar-refractivity contribution in [2.45, 2.75) is 33.0 Å². The zero-order valence-electron chi connectivity index (χ0n) is 15.4. The molecule has 1 aliphatic heterocycles. The molecule has 128 valence electrons. The van der Waals surface area contributed by atoms with Crippen molar-refractivity contribution in [2.75, 3.05) is 4.90 Å². The maximum absolute atomic E-state index is 6.26. The molecule has 3 heterocycles. The Balaban J connectivity index is 1.83. The highest BCUT2D eigenvalue weighted by atomic mass is 16.3. The topological polar surface area (TPSA) is 29.3 Å². The van der Waals surface area contributed by atoms with E-state index in [0.29, 0.717) is 18.4 Å². The molecule has 5 rings (SSSR count). The van der Waals surface area contributed by atoms with Crippen molar-refractivity contribution in [1.82, 2.24) is 4.98 Å². The molecule has 2 aromatic carbocycles. The van der Waals surface area contributed by atoms with Crippen LogP contribution in [0.5, 0.6) is 0 Å². The molecular weight excluding hydrogens is 319 g/mol. The molecular formula is C22H21BN2O. The normalized spacial score (nSPS) is 16.7. The van der Waals surface area contributed by atoms with Gasteiger partial charge in [-0.1, -0.05) is 56.0 Å². The van der Waals surface area contributed by atoms with E-state index in [2.05, 4.69) is 73.1 Å². The number of nitrogens with zero attached hydrogens (tertiary/aromatic N) is 2. The van der Waals surface area contributed by atoms with Gasteiger partial charge in [0, 0.05) is 28.6 Å². The molecule has 0 unspecified atom stereocenters. The predicted octanol–water partition coefficient (Wildman–Crippen LogP) is 5.09. The summed E-state index contributed by atoms with van der Waals surface area (Å²) in [6, 6.07) is 17.2. The molecule has 0 aliphatic carbocycles. The van der Waals surface area contributed by atoms with E-state index in [9.17, 15) is 0 Å². The average Bonchev–Trinajstić information content (AvgIpc) is 3.16. The van der Waals surface area contributed by atoms with Crippen LogP contribution in [0.25, 0.3) is 22.1 Å². The molecule has 0 spiro atoms. The van der Waals surface area contributed by atoms with Crippen molar-refractivity contribution in [3.8, 4) is 0 Å². The lowest BCUT2D eigenvalue weighted by Crippen LogP contribution is -2.39. The standard InChI is InChI=1S/C22H21BN2O/c1-4-23-15(3)25(19-10-6-5-9-18(19)23)20-14(2)11-12-16-17-8-7-13-24-22(17)26-21(16)20/h5-13,15H,4H2,1-3H3/t15-/m0/s1. The van der Waals surface area contributed by atoms with Gasteiger partial charge in [-0.05, 0) is 30.7 Å². The third-order valence-electron chi connectivity index (χ3n) is 5.86. The van der Waals surface area contributed by atoms with Gasteiger partial charge in [0.1, 0.15) is 0 Å². The number of aromatic nitrogens is 1. The van der Waals surface area contributed by atoms with Crippen LogP contribution in [0.2, 0.25) is 6.32 Å². The van der Waals surface area contributed by atoms with Crippen LogP contribution in [0.15, 0.2) is 59.1 Å². The van der Waals surface area contributed by atoms with Gasteiger partial charge in [0.25, 0.3) is 0 Å². The number of furan rings is 1. The lowest BCUT2D eigenvalue weighted by molar-refractivity contribution is 0.652. The Kier molecular flexibility index (Phi) is 3.36. The van der Waals surface area contributed by atoms with Crippen molar-refractivity contribution < 1.29 is 4.42 Å². The summed E-state index contributed by atoms with van der Waals surface area (Å²) in [4.78, 5) is 6.90. The largest absolute Gasteiger partial charge is 0.435 e. The van der Waals surface area contributed by atoms with E-state index in [-0.39, 0.29) is 0 Å². The lowest BCUT2D eigenvalue weighted by Gasteiger charge is -2.28. The average molecular weight is 340 g/mol. The molecule has 0 bridgehead atoms. The number of aryl methyl sites for hydroxylation is 1. The minimum Gasteiger partial charge on any atom is -0.435 e. The van der Waals surface area contributed by atoms with Crippen molar-refractivity contribution in [2.24, 2.45) is 0 Å². The number of para-hydroxylation sites is 1. The van der Waals surface area contributed by atoms with Gasteiger partial charge < -0.3 is 9.32 Å². The maximum Gasteiger partial charge on any atom is 0.227 e. The number of hydrogen-bond acceptors (Lipinski definition) is 3. The zero-order valence-corrected chi connectivity index (χ0v) is 15.4. The number of hydrogen-bond donors (Lipinski definition) is 0. The Hall–Kier alpha value is -2.75. The molecule has 2 aromatic heterocycles. The Labute approximate surface area is 153 Å². The van der Waals surface area contributed by atoms with E-state index in [0.717, 1.165) is 22.7 Å². The third-order valence-corrected chi connectivity index (χ3v) is 5.86. The van der Waals surface area contributed by atoms with Gasteiger partial charge in [0.05, 0.1) is 5.69 Å². The molecule has 0 saturated heterocycles. The molecule has 0 N–H and O–H groups in total. The predicted molar refractivity (Wildman–Crippen MR) is 110 cm³/mol. The van der Waals surface area contributed by atoms with Crippen LogP contribution in [0.1, 0.15) is 19.4 Å². The number of rotatable bonds is 2. The van der Waals surface area contributed by atoms with E-state index in [1.807, 2.05) is 6.07 Å². The van der Waals surface area contributed by atoms with Crippen LogP contribution in [0.3, 0.4) is 0 Å². The first-order valence-corrected chi connectivity index (χ1v) is 9.35. The number of benzene rings is 2.